The van der Waals surface area contributed by atoms with Gasteiger partial charge < -0.3 is 61.2 Å². The van der Waals surface area contributed by atoms with Crippen LogP contribution in [0.25, 0.3) is 0 Å². The van der Waals surface area contributed by atoms with Crippen molar-refractivity contribution in [2.24, 2.45) is 0 Å². The van der Waals surface area contributed by atoms with Gasteiger partial charge in [0.15, 0.2) is 6.23 Å². The number of nitrogens with zero attached hydrogens (tertiary/aromatic N) is 2. The molecule has 22 heteroatoms. The molecule has 2 fully saturated rings. The zero-order chi connectivity index (χ0) is 30.9. The van der Waals surface area contributed by atoms with Gasteiger partial charge >= 0.3 is 19.5 Å². The number of carbonyl (C=O) groups is 2. The van der Waals surface area contributed by atoms with Crippen molar-refractivity contribution in [2.45, 2.75) is 74.1 Å². The molecule has 2 aliphatic rings. The number of rotatable bonds is 11. The van der Waals surface area contributed by atoms with Crippen molar-refractivity contribution in [1.82, 2.24) is 14.9 Å². The topological polar surface area (TPSA) is 323 Å². The second-order valence-corrected chi connectivity index (χ2v) is 10.7. The van der Waals surface area contributed by atoms with Crippen LogP contribution in [0.5, 0.6) is 0 Å². The number of aliphatic hydroxyl groups excluding tert-OH is 6. The fourth-order valence-corrected chi connectivity index (χ4v) is 5.27. The number of aromatic nitrogens is 2. The minimum absolute atomic E-state index is 0. The minimum Gasteiger partial charge on any atom is -0.477 e. The van der Waals surface area contributed by atoms with E-state index in [-0.39, 0.29) is 35.4 Å². The first-order chi connectivity index (χ1) is 19.0. The number of nitrogen functional groups attached to an aromatic ring is 1. The largest absolute Gasteiger partial charge is 0.477 e. The maximum absolute atomic E-state index is 12.8. The van der Waals surface area contributed by atoms with E-state index in [0.717, 1.165) is 17.7 Å². The molecule has 0 bridgehead atoms. The summed E-state index contributed by atoms with van der Waals surface area (Å²) in [5.74, 6) is -6.20. The third kappa shape index (κ3) is 8.11. The molecule has 1 aromatic rings. The van der Waals surface area contributed by atoms with Gasteiger partial charge in [-0.15, -0.1) is 0 Å². The molecule has 1 unspecified atom stereocenters. The Morgan fingerprint density at radius 2 is 1.95 bits per heavy atom. The van der Waals surface area contributed by atoms with Crippen LogP contribution >= 0.6 is 7.82 Å². The molecular formula is C20H31N4NaO16P. The van der Waals surface area contributed by atoms with Crippen LogP contribution in [-0.2, 0) is 32.7 Å². The second-order valence-electron chi connectivity index (χ2n) is 9.32. The molecule has 2 aliphatic heterocycles. The summed E-state index contributed by atoms with van der Waals surface area (Å²) in [6.07, 6.45) is -14.6. The molecule has 1 amide bonds. The molecule has 20 nitrogen and oxygen atoms in total. The van der Waals surface area contributed by atoms with E-state index in [2.05, 4.69) is 10.3 Å². The van der Waals surface area contributed by atoms with E-state index in [4.69, 9.17) is 24.3 Å². The summed E-state index contributed by atoms with van der Waals surface area (Å²) in [5.41, 5.74) is 4.46. The van der Waals surface area contributed by atoms with Crippen molar-refractivity contribution in [2.75, 3.05) is 18.9 Å². The minimum atomic E-state index is -5.52. The molecule has 2 saturated heterocycles. The smallest absolute Gasteiger partial charge is 0.475 e. The van der Waals surface area contributed by atoms with Gasteiger partial charge in [-0.3, -0.25) is 13.9 Å². The number of hydrogen-bond donors (Lipinski definition) is 10. The molecule has 1 radical (unpaired) electrons. The van der Waals surface area contributed by atoms with E-state index in [9.17, 15) is 59.6 Å². The number of phosphoric acid groups is 1. The van der Waals surface area contributed by atoms with E-state index in [1.165, 1.54) is 6.07 Å². The number of aliphatic hydroxyl groups is 6. The average Bonchev–Trinajstić information content (AvgIpc) is 3.16. The van der Waals surface area contributed by atoms with Crippen LogP contribution in [0.15, 0.2) is 17.1 Å². The number of carboxylic acid groups (broad SMARTS) is 1. The Morgan fingerprint density at radius 3 is 2.50 bits per heavy atom. The Hall–Kier alpha value is -1.59. The van der Waals surface area contributed by atoms with Crippen LogP contribution in [0.4, 0.5) is 5.82 Å². The Kier molecular flexibility index (Phi) is 12.6. The number of carbonyl (C=O) groups excluding carboxylic acids is 1. The quantitative estimate of drug-likeness (QED) is 0.0798. The number of carboxylic acids is 1. The Labute approximate surface area is 258 Å². The van der Waals surface area contributed by atoms with Gasteiger partial charge in [0.2, 0.25) is 5.91 Å². The standard InChI is InChI=1S/C20H31N4O16P.Na/c1-7(26)22-12-8(27)4-20(18(32)33,39-16(12)13(29)9(28)5-25)40-41(35,36)37-6-10-14(30)15(31)17(38-10)24-3-2-11(21)23-19(24)34;/h2-3,8-10,12-17,25,27-31H,4-6H2,1H3,(H,22,26)(H,32,33)(H,35,36)(H2,21,23,34);/t8-,9+,10+,12+,13+,14+,15+,16+,17+,20+;/m0./s1. The monoisotopic (exact) mass is 637 g/mol. The Morgan fingerprint density at radius 1 is 1.31 bits per heavy atom. The second kappa shape index (κ2) is 14.5. The maximum Gasteiger partial charge on any atom is 0.475 e. The van der Waals surface area contributed by atoms with Crippen molar-refractivity contribution >= 4 is 55.1 Å². The first-order valence-corrected chi connectivity index (χ1v) is 13.4. The molecule has 11 atom stereocenters. The van der Waals surface area contributed by atoms with Gasteiger partial charge in [-0.2, -0.15) is 4.98 Å². The summed E-state index contributed by atoms with van der Waals surface area (Å²) in [4.78, 5) is 49.6. The first-order valence-electron chi connectivity index (χ1n) is 11.9. The third-order valence-corrected chi connectivity index (χ3v) is 7.32. The normalized spacial score (nSPS) is 34.0. The van der Waals surface area contributed by atoms with Crippen molar-refractivity contribution in [1.29, 1.82) is 0 Å². The Balaban J connectivity index is 0.00000616. The summed E-state index contributed by atoms with van der Waals surface area (Å²) in [5, 5.41) is 72.7. The Bertz CT molecular complexity index is 1220. The van der Waals surface area contributed by atoms with Gasteiger partial charge in [0.1, 0.15) is 42.4 Å². The zero-order valence-corrected chi connectivity index (χ0v) is 25.1. The van der Waals surface area contributed by atoms with Gasteiger partial charge in [0.25, 0.3) is 5.79 Å². The van der Waals surface area contributed by atoms with Crippen LogP contribution in [0.2, 0.25) is 0 Å². The molecule has 0 spiro atoms. The molecule has 0 aliphatic carbocycles. The third-order valence-electron chi connectivity index (χ3n) is 6.31. The summed E-state index contributed by atoms with van der Waals surface area (Å²) < 4.78 is 33.7. The van der Waals surface area contributed by atoms with Gasteiger partial charge in [0.05, 0.1) is 25.4 Å². The fraction of sp³-hybridized carbons (Fsp3) is 0.700. The SMILES string of the molecule is CC(=O)N[C@H]1[C@H]([C@H](O)[C@H](O)CO)O[C@](OP(=O)(O)OC[C@H]2O[C@@H](n3ccc(N)nc3=O)[C@H](O)[C@@H]2O)(C(=O)O)C[C@@H]1O.[Na]. The zero-order valence-electron chi connectivity index (χ0n) is 22.2. The predicted octanol–water partition coefficient (Wildman–Crippen LogP) is -5.65. The molecule has 42 heavy (non-hydrogen) atoms. The molecular weight excluding hydrogens is 606 g/mol. The summed E-state index contributed by atoms with van der Waals surface area (Å²) in [6, 6.07) is -0.362. The van der Waals surface area contributed by atoms with E-state index >= 15 is 0 Å². The number of anilines is 1. The average molecular weight is 637 g/mol. The van der Waals surface area contributed by atoms with E-state index < -0.39 is 106 Å². The summed E-state index contributed by atoms with van der Waals surface area (Å²) in [6.45, 7) is -1.05. The molecule has 1 aromatic heterocycles. The maximum atomic E-state index is 12.8. The van der Waals surface area contributed by atoms with Crippen LogP contribution in [-0.4, -0.2) is 159 Å². The molecule has 0 saturated carbocycles. The summed E-state index contributed by atoms with van der Waals surface area (Å²) >= 11 is 0. The number of nitrogens with one attached hydrogen (secondary N) is 1. The number of nitrogens with two attached hydrogens (primary N) is 1. The van der Waals surface area contributed by atoms with Gasteiger partial charge in [-0.25, -0.2) is 18.7 Å². The summed E-state index contributed by atoms with van der Waals surface area (Å²) in [7, 11) is -5.52. The van der Waals surface area contributed by atoms with Gasteiger partial charge in [-0.05, 0) is 6.07 Å². The fourth-order valence-electron chi connectivity index (χ4n) is 4.32. The van der Waals surface area contributed by atoms with Gasteiger partial charge in [-0.1, -0.05) is 0 Å². The van der Waals surface area contributed by atoms with E-state index in [0.29, 0.717) is 0 Å². The van der Waals surface area contributed by atoms with Gasteiger partial charge in [0, 0.05) is 49.1 Å². The van der Waals surface area contributed by atoms with Crippen LogP contribution in [0, 0.1) is 0 Å². The molecule has 3 heterocycles. The van der Waals surface area contributed by atoms with E-state index in [1.54, 1.807) is 0 Å². The van der Waals surface area contributed by atoms with Crippen molar-refractivity contribution in [3.63, 3.8) is 0 Å². The predicted molar refractivity (Wildman–Crippen MR) is 134 cm³/mol. The van der Waals surface area contributed by atoms with Crippen LogP contribution in [0.3, 0.4) is 0 Å². The first kappa shape index (κ1) is 36.6. The number of phosphoric ester groups is 1. The molecule has 3 rings (SSSR count). The number of aliphatic carboxylic acids is 1. The van der Waals surface area contributed by atoms with Crippen LogP contribution < -0.4 is 16.7 Å². The van der Waals surface area contributed by atoms with Crippen molar-refractivity contribution in [3.8, 4) is 0 Å². The molecule has 0 aromatic carbocycles. The number of hydrogen-bond acceptors (Lipinski definition) is 16. The molecule has 233 valence electrons. The van der Waals surface area contributed by atoms with Crippen molar-refractivity contribution in [3.05, 3.63) is 22.7 Å². The number of ether oxygens (including phenoxy) is 2. The van der Waals surface area contributed by atoms with E-state index in [1.807, 2.05) is 0 Å². The molecule has 11 N–H and O–H groups in total. The number of amides is 1. The van der Waals surface area contributed by atoms with Crippen molar-refractivity contribution < 1.29 is 73.3 Å². The van der Waals surface area contributed by atoms with Crippen LogP contribution in [0.1, 0.15) is 19.6 Å².